The zero-order chi connectivity index (χ0) is 25.9. The summed E-state index contributed by atoms with van der Waals surface area (Å²) in [6.07, 6.45) is 2.48. The van der Waals surface area contributed by atoms with Crippen molar-refractivity contribution in [1.29, 1.82) is 0 Å². The molecule has 2 aliphatic rings. The van der Waals surface area contributed by atoms with E-state index >= 15 is 0 Å². The monoisotopic (exact) mass is 508 g/mol. The first-order valence-corrected chi connectivity index (χ1v) is 12.6. The maximum Gasteiger partial charge on any atom is 0.318 e. The molecule has 12 heteroatoms. The summed E-state index contributed by atoms with van der Waals surface area (Å²) in [5.74, 6) is 0.377. The smallest absolute Gasteiger partial charge is 0.318 e. The quantitative estimate of drug-likeness (QED) is 0.473. The van der Waals surface area contributed by atoms with Gasteiger partial charge in [0, 0.05) is 50.7 Å². The predicted molar refractivity (Wildman–Crippen MR) is 138 cm³/mol. The number of likely N-dealkylation sites (tertiary alicyclic amines) is 1. The third-order valence-electron chi connectivity index (χ3n) is 6.83. The average molecular weight is 509 g/mol. The Labute approximate surface area is 214 Å². The summed E-state index contributed by atoms with van der Waals surface area (Å²) in [7, 11) is 1.57. The summed E-state index contributed by atoms with van der Waals surface area (Å²) in [6, 6.07) is 7.36. The van der Waals surface area contributed by atoms with Crippen LogP contribution in [0.25, 0.3) is 22.3 Å². The molecule has 2 saturated heterocycles. The zero-order valence-electron chi connectivity index (χ0n) is 21.1. The molecule has 0 unspecified atom stereocenters. The molecule has 2 aromatic heterocycles. The van der Waals surface area contributed by atoms with Crippen molar-refractivity contribution in [3.63, 3.8) is 0 Å². The Balaban J connectivity index is 1.47. The topological polar surface area (TPSA) is 138 Å². The summed E-state index contributed by atoms with van der Waals surface area (Å²) in [5.41, 5.74) is 2.95. The summed E-state index contributed by atoms with van der Waals surface area (Å²) in [5, 5.41) is 20.6. The molecule has 1 aromatic carbocycles. The molecule has 0 spiro atoms. The van der Waals surface area contributed by atoms with Crippen molar-refractivity contribution < 1.29 is 19.4 Å². The molecular formula is C25H32N8O4. The van der Waals surface area contributed by atoms with Crippen LogP contribution < -0.4 is 15.5 Å². The van der Waals surface area contributed by atoms with Crippen LogP contribution in [0.4, 0.5) is 16.4 Å². The van der Waals surface area contributed by atoms with Gasteiger partial charge in [-0.25, -0.2) is 9.78 Å². The number of nitrogens with zero attached hydrogens (tertiary/aromatic N) is 6. The van der Waals surface area contributed by atoms with Crippen molar-refractivity contribution >= 4 is 34.6 Å². The number of amides is 3. The van der Waals surface area contributed by atoms with Crippen LogP contribution in [-0.4, -0.2) is 94.2 Å². The summed E-state index contributed by atoms with van der Waals surface area (Å²) in [4.78, 5) is 37.4. The average Bonchev–Trinajstić information content (AvgIpc) is 3.37. The third-order valence-corrected chi connectivity index (χ3v) is 6.83. The van der Waals surface area contributed by atoms with Gasteiger partial charge in [0.25, 0.3) is 5.91 Å². The fourth-order valence-electron chi connectivity index (χ4n) is 4.74. The molecule has 2 fully saturated rings. The second-order valence-electron chi connectivity index (χ2n) is 9.33. The van der Waals surface area contributed by atoms with E-state index in [2.05, 4.69) is 15.5 Å². The van der Waals surface area contributed by atoms with E-state index in [0.29, 0.717) is 56.7 Å². The molecule has 3 N–H and O–H groups in total. The lowest BCUT2D eigenvalue weighted by Gasteiger charge is -2.32. The lowest BCUT2D eigenvalue weighted by atomic mass is 10.0. The molecule has 3 aromatic rings. The number of urea groups is 1. The number of piperidine rings is 1. The fraction of sp³-hybridized carbons (Fsp3) is 0.480. The van der Waals surface area contributed by atoms with Gasteiger partial charge >= 0.3 is 6.03 Å². The molecule has 0 bridgehead atoms. The third kappa shape index (κ3) is 5.35. The molecule has 4 heterocycles. The number of anilines is 2. The number of nitrogens with one attached hydrogen (secondary N) is 2. The van der Waals surface area contributed by atoms with Gasteiger partial charge in [-0.1, -0.05) is 12.1 Å². The standard InChI is InChI=1S/C25H32N8O4/c1-16(34)23(35)31-9-7-19(8-10-31)33-15-20-21(17-3-5-18(6-4-17)27-25(36)26-2)28-24(29-22(20)30-33)32-11-13-37-14-12-32/h3-6,15-16,19,34H,7-14H2,1-2H3,(H2,26,27,36)/t16-/m0/s1. The predicted octanol–water partition coefficient (Wildman–Crippen LogP) is 1.63. The van der Waals surface area contributed by atoms with Crippen LogP contribution in [0.15, 0.2) is 30.5 Å². The van der Waals surface area contributed by atoms with Gasteiger partial charge in [0.2, 0.25) is 5.95 Å². The van der Waals surface area contributed by atoms with Crippen molar-refractivity contribution in [1.82, 2.24) is 30.0 Å². The van der Waals surface area contributed by atoms with Gasteiger partial charge in [-0.15, -0.1) is 0 Å². The largest absolute Gasteiger partial charge is 0.384 e. The van der Waals surface area contributed by atoms with Crippen molar-refractivity contribution in [3.05, 3.63) is 30.5 Å². The zero-order valence-corrected chi connectivity index (χ0v) is 21.1. The van der Waals surface area contributed by atoms with Crippen LogP contribution in [0, 0.1) is 0 Å². The molecule has 12 nitrogen and oxygen atoms in total. The Bertz CT molecular complexity index is 1260. The van der Waals surface area contributed by atoms with Crippen LogP contribution in [0.1, 0.15) is 25.8 Å². The number of aromatic nitrogens is 4. The van der Waals surface area contributed by atoms with E-state index in [1.54, 1.807) is 11.9 Å². The molecule has 37 heavy (non-hydrogen) atoms. The Kier molecular flexibility index (Phi) is 7.19. The van der Waals surface area contributed by atoms with E-state index < -0.39 is 6.10 Å². The van der Waals surface area contributed by atoms with Crippen molar-refractivity contribution in [2.45, 2.75) is 31.9 Å². The fourth-order valence-corrected chi connectivity index (χ4v) is 4.74. The first-order valence-electron chi connectivity index (χ1n) is 12.6. The number of ether oxygens (including phenoxy) is 1. The number of hydrogen-bond acceptors (Lipinski definition) is 8. The van der Waals surface area contributed by atoms with E-state index in [4.69, 9.17) is 19.8 Å². The molecule has 2 aliphatic heterocycles. The molecular weight excluding hydrogens is 476 g/mol. The number of fused-ring (bicyclic) bond motifs is 1. The highest BCUT2D eigenvalue weighted by Gasteiger charge is 2.27. The number of carbonyl (C=O) groups excluding carboxylic acids is 2. The van der Waals surface area contributed by atoms with Crippen LogP contribution in [0.3, 0.4) is 0 Å². The number of hydrogen-bond donors (Lipinski definition) is 3. The van der Waals surface area contributed by atoms with Gasteiger partial charge in [-0.2, -0.15) is 10.1 Å². The Morgan fingerprint density at radius 3 is 2.43 bits per heavy atom. The van der Waals surface area contributed by atoms with Gasteiger partial charge in [0.05, 0.1) is 30.3 Å². The van der Waals surface area contributed by atoms with Crippen LogP contribution in [-0.2, 0) is 9.53 Å². The Morgan fingerprint density at radius 1 is 1.08 bits per heavy atom. The van der Waals surface area contributed by atoms with Gasteiger partial charge in [-0.3, -0.25) is 9.48 Å². The molecule has 3 amide bonds. The highest BCUT2D eigenvalue weighted by molar-refractivity contribution is 5.92. The number of morpholine rings is 1. The highest BCUT2D eigenvalue weighted by Crippen LogP contribution is 2.31. The van der Waals surface area contributed by atoms with E-state index in [1.165, 1.54) is 6.92 Å². The highest BCUT2D eigenvalue weighted by atomic mass is 16.5. The number of rotatable bonds is 5. The minimum atomic E-state index is -0.988. The summed E-state index contributed by atoms with van der Waals surface area (Å²) >= 11 is 0. The molecule has 0 aliphatic carbocycles. The van der Waals surface area contributed by atoms with Crippen molar-refractivity contribution in [2.24, 2.45) is 0 Å². The van der Waals surface area contributed by atoms with Crippen molar-refractivity contribution in [2.75, 3.05) is 56.7 Å². The maximum absolute atomic E-state index is 12.2. The summed E-state index contributed by atoms with van der Waals surface area (Å²) < 4.78 is 7.44. The SMILES string of the molecule is CNC(=O)Nc1ccc(-c2nc(N3CCOCC3)nc3nn(C4CCN(C(=O)[C@H](C)O)CC4)cc23)cc1. The summed E-state index contributed by atoms with van der Waals surface area (Å²) in [6.45, 7) is 5.29. The molecule has 5 rings (SSSR count). The second-order valence-corrected chi connectivity index (χ2v) is 9.33. The normalized spacial score (nSPS) is 17.6. The molecule has 0 radical (unpaired) electrons. The second kappa shape index (κ2) is 10.7. The van der Waals surface area contributed by atoms with E-state index in [9.17, 15) is 14.7 Å². The van der Waals surface area contributed by atoms with Gasteiger partial charge in [0.15, 0.2) is 5.65 Å². The molecule has 196 valence electrons. The van der Waals surface area contributed by atoms with Crippen molar-refractivity contribution in [3.8, 4) is 11.3 Å². The van der Waals surface area contributed by atoms with Gasteiger partial charge < -0.3 is 30.3 Å². The minimum Gasteiger partial charge on any atom is -0.384 e. The van der Waals surface area contributed by atoms with E-state index in [-0.39, 0.29) is 18.0 Å². The number of benzene rings is 1. The Morgan fingerprint density at radius 2 is 1.78 bits per heavy atom. The first kappa shape index (κ1) is 24.9. The minimum absolute atomic E-state index is 0.117. The van der Waals surface area contributed by atoms with E-state index in [1.807, 2.05) is 35.1 Å². The van der Waals surface area contributed by atoms with Crippen LogP contribution in [0.2, 0.25) is 0 Å². The van der Waals surface area contributed by atoms with Gasteiger partial charge in [0.1, 0.15) is 6.10 Å². The van der Waals surface area contributed by atoms with Crippen LogP contribution >= 0.6 is 0 Å². The first-order chi connectivity index (χ1) is 17.9. The van der Waals surface area contributed by atoms with E-state index in [0.717, 1.165) is 29.5 Å². The molecule has 1 atom stereocenters. The number of aliphatic hydroxyl groups is 1. The van der Waals surface area contributed by atoms with Gasteiger partial charge in [-0.05, 0) is 31.9 Å². The lowest BCUT2D eigenvalue weighted by molar-refractivity contribution is -0.140. The lowest BCUT2D eigenvalue weighted by Crippen LogP contribution is -2.43. The Hall–Kier alpha value is -3.77. The number of aliphatic hydroxyl groups excluding tert-OH is 1. The number of carbonyl (C=O) groups is 2. The van der Waals surface area contributed by atoms with Crippen LogP contribution in [0.5, 0.6) is 0 Å². The molecule has 0 saturated carbocycles. The maximum atomic E-state index is 12.2.